The summed E-state index contributed by atoms with van der Waals surface area (Å²) in [5.74, 6) is 0.00966. The molecule has 0 unspecified atom stereocenters. The van der Waals surface area contributed by atoms with Crippen LogP contribution in [0.5, 0.6) is 10.9 Å². The van der Waals surface area contributed by atoms with Crippen LogP contribution in [0.4, 0.5) is 4.39 Å². The van der Waals surface area contributed by atoms with Crippen molar-refractivity contribution in [2.45, 2.75) is 0 Å². The number of hydrogen-bond donors (Lipinski definition) is 0. The van der Waals surface area contributed by atoms with Crippen molar-refractivity contribution in [2.75, 3.05) is 0 Å². The molecule has 0 atom stereocenters. The first-order valence-corrected chi connectivity index (χ1v) is 6.17. The van der Waals surface area contributed by atoms with Crippen LogP contribution in [-0.2, 0) is 0 Å². The van der Waals surface area contributed by atoms with E-state index in [1.165, 1.54) is 17.4 Å². The molecule has 2 aromatic rings. The van der Waals surface area contributed by atoms with Gasteiger partial charge < -0.3 is 4.74 Å². The zero-order valence-electron chi connectivity index (χ0n) is 7.08. The summed E-state index contributed by atoms with van der Waals surface area (Å²) < 4.78 is 19.4. The molecule has 1 aromatic carbocycles. The first-order valence-electron chi connectivity index (χ1n) is 3.77. The first-order chi connectivity index (χ1) is 7.15. The molecule has 1 aromatic heterocycles. The second kappa shape index (κ2) is 4.54. The molecule has 78 valence electrons. The second-order valence-electron chi connectivity index (χ2n) is 2.50. The van der Waals surface area contributed by atoms with Gasteiger partial charge in [0.1, 0.15) is 11.6 Å². The molecule has 0 aliphatic rings. The van der Waals surface area contributed by atoms with E-state index in [2.05, 4.69) is 42.1 Å². The van der Waals surface area contributed by atoms with Crippen LogP contribution in [0.25, 0.3) is 0 Å². The normalized spacial score (nSPS) is 10.3. The average Bonchev–Trinajstić information content (AvgIpc) is 2.58. The molecule has 0 bridgehead atoms. The average molecular weight is 354 g/mol. The Morgan fingerprint density at radius 2 is 2.07 bits per heavy atom. The van der Waals surface area contributed by atoms with Crippen LogP contribution in [0.1, 0.15) is 0 Å². The van der Waals surface area contributed by atoms with Crippen LogP contribution in [0.2, 0.25) is 0 Å². The summed E-state index contributed by atoms with van der Waals surface area (Å²) in [5.41, 5.74) is 0. The van der Waals surface area contributed by atoms with Crippen molar-refractivity contribution in [3.8, 4) is 10.9 Å². The van der Waals surface area contributed by atoms with E-state index in [1.54, 1.807) is 12.1 Å². The molecule has 0 saturated heterocycles. The number of ether oxygens (including phenoxy) is 1. The Bertz CT molecular complexity index is 491. The maximum atomic E-state index is 13.1. The molecule has 7 heteroatoms. The number of nitrogens with zero attached hydrogens (tertiary/aromatic N) is 2. The molecule has 1 heterocycles. The highest BCUT2D eigenvalue weighted by Gasteiger charge is 2.06. The van der Waals surface area contributed by atoms with Gasteiger partial charge in [-0.3, -0.25) is 0 Å². The van der Waals surface area contributed by atoms with Gasteiger partial charge in [-0.2, -0.15) is 0 Å². The summed E-state index contributed by atoms with van der Waals surface area (Å²) in [5, 5.41) is 7.80. The van der Waals surface area contributed by atoms with E-state index >= 15 is 0 Å². The summed E-state index contributed by atoms with van der Waals surface area (Å²) in [4.78, 5) is 0. The summed E-state index contributed by atoms with van der Waals surface area (Å²) in [7, 11) is 0. The Balaban J connectivity index is 2.21. The van der Waals surface area contributed by atoms with Crippen molar-refractivity contribution in [2.24, 2.45) is 0 Å². The van der Waals surface area contributed by atoms with Gasteiger partial charge in [-0.05, 0) is 55.3 Å². The fourth-order valence-electron chi connectivity index (χ4n) is 0.875. The van der Waals surface area contributed by atoms with Crippen molar-refractivity contribution >= 4 is 43.2 Å². The molecule has 0 aliphatic carbocycles. The zero-order valence-corrected chi connectivity index (χ0v) is 11.1. The number of rotatable bonds is 2. The van der Waals surface area contributed by atoms with Crippen molar-refractivity contribution in [1.82, 2.24) is 10.2 Å². The van der Waals surface area contributed by atoms with Gasteiger partial charge in [0.15, 0.2) is 3.92 Å². The lowest BCUT2D eigenvalue weighted by molar-refractivity contribution is 0.467. The first kappa shape index (κ1) is 11.0. The van der Waals surface area contributed by atoms with Crippen molar-refractivity contribution in [3.05, 3.63) is 32.4 Å². The minimum atomic E-state index is -0.379. The minimum Gasteiger partial charge on any atom is -0.430 e. The van der Waals surface area contributed by atoms with Crippen LogP contribution >= 0.6 is 43.2 Å². The molecule has 0 radical (unpaired) electrons. The molecule has 0 amide bonds. The SMILES string of the molecule is Fc1cc(Oc2nnc(Br)s2)ccc1Br. The third kappa shape index (κ3) is 2.73. The fourth-order valence-corrected chi connectivity index (χ4v) is 2.06. The summed E-state index contributed by atoms with van der Waals surface area (Å²) in [6.07, 6.45) is 0. The zero-order chi connectivity index (χ0) is 10.8. The van der Waals surface area contributed by atoms with Gasteiger partial charge in [0, 0.05) is 6.07 Å². The lowest BCUT2D eigenvalue weighted by atomic mass is 10.3. The quantitative estimate of drug-likeness (QED) is 0.818. The third-order valence-corrected chi connectivity index (χ3v) is 3.36. The second-order valence-corrected chi connectivity index (χ2v) is 5.57. The van der Waals surface area contributed by atoms with Crippen molar-refractivity contribution in [3.63, 3.8) is 0 Å². The summed E-state index contributed by atoms with van der Waals surface area (Å²) in [6, 6.07) is 4.49. The molecular weight excluding hydrogens is 351 g/mol. The number of halogens is 3. The largest absolute Gasteiger partial charge is 0.430 e. The van der Waals surface area contributed by atoms with E-state index in [-0.39, 0.29) is 5.82 Å². The van der Waals surface area contributed by atoms with Crippen molar-refractivity contribution in [1.29, 1.82) is 0 Å². The van der Waals surface area contributed by atoms with Gasteiger partial charge >= 0.3 is 0 Å². The topological polar surface area (TPSA) is 35.0 Å². The highest BCUT2D eigenvalue weighted by molar-refractivity contribution is 9.11. The molecule has 0 fully saturated rings. The van der Waals surface area contributed by atoms with Gasteiger partial charge in [0.2, 0.25) is 0 Å². The smallest absolute Gasteiger partial charge is 0.300 e. The molecule has 2 rings (SSSR count). The van der Waals surface area contributed by atoms with Gasteiger partial charge in [0.25, 0.3) is 5.19 Å². The Hall–Kier alpha value is -0.530. The molecule has 0 saturated carbocycles. The molecular formula is C8H3Br2FN2OS. The highest BCUT2D eigenvalue weighted by Crippen LogP contribution is 2.29. The highest BCUT2D eigenvalue weighted by atomic mass is 79.9. The minimum absolute atomic E-state index is 0.364. The van der Waals surface area contributed by atoms with Crippen LogP contribution in [0, 0.1) is 5.82 Å². The standard InChI is InChI=1S/C8H3Br2FN2OS/c9-5-2-1-4(3-6(5)11)14-8-13-12-7(10)15-8/h1-3H. The van der Waals surface area contributed by atoms with Crippen LogP contribution < -0.4 is 4.74 Å². The van der Waals surface area contributed by atoms with Gasteiger partial charge in [0.05, 0.1) is 4.47 Å². The Labute approximate surface area is 106 Å². The van der Waals surface area contributed by atoms with E-state index < -0.39 is 0 Å². The van der Waals surface area contributed by atoms with Gasteiger partial charge in [-0.1, -0.05) is 5.10 Å². The fraction of sp³-hybridized carbons (Fsp3) is 0. The van der Waals surface area contributed by atoms with E-state index in [0.29, 0.717) is 19.3 Å². The number of aromatic nitrogens is 2. The maximum Gasteiger partial charge on any atom is 0.300 e. The van der Waals surface area contributed by atoms with Gasteiger partial charge in [-0.15, -0.1) is 5.10 Å². The predicted octanol–water partition coefficient (Wildman–Crippen LogP) is 3.99. The molecule has 3 nitrogen and oxygen atoms in total. The Morgan fingerprint density at radius 3 is 2.67 bits per heavy atom. The summed E-state index contributed by atoms with van der Waals surface area (Å²) in [6.45, 7) is 0. The van der Waals surface area contributed by atoms with Crippen LogP contribution in [-0.4, -0.2) is 10.2 Å². The lowest BCUT2D eigenvalue weighted by Crippen LogP contribution is -1.85. The van der Waals surface area contributed by atoms with Crippen LogP contribution in [0.15, 0.2) is 26.6 Å². The Morgan fingerprint density at radius 1 is 1.27 bits per heavy atom. The van der Waals surface area contributed by atoms with E-state index in [1.807, 2.05) is 0 Å². The number of hydrogen-bond acceptors (Lipinski definition) is 4. The predicted molar refractivity (Wildman–Crippen MR) is 61.8 cm³/mol. The third-order valence-electron chi connectivity index (χ3n) is 1.48. The van der Waals surface area contributed by atoms with Crippen molar-refractivity contribution < 1.29 is 9.13 Å². The van der Waals surface area contributed by atoms with E-state index in [9.17, 15) is 4.39 Å². The van der Waals surface area contributed by atoms with Gasteiger partial charge in [-0.25, -0.2) is 4.39 Å². The summed E-state index contributed by atoms with van der Waals surface area (Å²) >= 11 is 7.44. The van der Waals surface area contributed by atoms with E-state index in [4.69, 9.17) is 4.74 Å². The molecule has 15 heavy (non-hydrogen) atoms. The molecule has 0 N–H and O–H groups in total. The molecule has 0 aliphatic heterocycles. The molecule has 0 spiro atoms. The lowest BCUT2D eigenvalue weighted by Gasteiger charge is -2.01. The monoisotopic (exact) mass is 352 g/mol. The van der Waals surface area contributed by atoms with Crippen LogP contribution in [0.3, 0.4) is 0 Å². The maximum absolute atomic E-state index is 13.1. The Kier molecular flexibility index (Phi) is 3.32. The van der Waals surface area contributed by atoms with E-state index in [0.717, 1.165) is 0 Å². The number of benzene rings is 1.